The molecular formula is C12H17ClN2OS2. The molecule has 1 aliphatic heterocycles. The number of nitrogen functional groups attached to an aromatic ring is 1. The van der Waals surface area contributed by atoms with Crippen LogP contribution < -0.4 is 11.1 Å². The fourth-order valence-electron chi connectivity index (χ4n) is 1.63. The predicted octanol–water partition coefficient (Wildman–Crippen LogP) is 2.79. The largest absolute Gasteiger partial charge is 0.399 e. The van der Waals surface area contributed by atoms with E-state index >= 15 is 0 Å². The van der Waals surface area contributed by atoms with E-state index in [-0.39, 0.29) is 23.6 Å². The highest BCUT2D eigenvalue weighted by Gasteiger charge is 2.22. The van der Waals surface area contributed by atoms with Crippen LogP contribution in [0.1, 0.15) is 5.56 Å². The van der Waals surface area contributed by atoms with E-state index in [0.29, 0.717) is 5.69 Å². The molecule has 3 nitrogen and oxygen atoms in total. The molecule has 0 aliphatic carbocycles. The number of benzene rings is 1. The van der Waals surface area contributed by atoms with Crippen LogP contribution in [0, 0.1) is 6.92 Å². The van der Waals surface area contributed by atoms with E-state index in [1.54, 1.807) is 11.8 Å². The highest BCUT2D eigenvalue weighted by molar-refractivity contribution is 8.07. The zero-order chi connectivity index (χ0) is 12.3. The average molecular weight is 305 g/mol. The Morgan fingerprint density at radius 1 is 1.44 bits per heavy atom. The molecule has 0 spiro atoms. The third-order valence-electron chi connectivity index (χ3n) is 2.63. The number of halogens is 1. The molecule has 1 unspecified atom stereocenters. The summed E-state index contributed by atoms with van der Waals surface area (Å²) in [5.74, 6) is 3.19. The van der Waals surface area contributed by atoms with Gasteiger partial charge in [0.1, 0.15) is 0 Å². The summed E-state index contributed by atoms with van der Waals surface area (Å²) in [5.41, 5.74) is 8.27. The van der Waals surface area contributed by atoms with E-state index in [0.717, 1.165) is 28.5 Å². The molecule has 1 fully saturated rings. The van der Waals surface area contributed by atoms with Crippen molar-refractivity contribution in [1.29, 1.82) is 0 Å². The molecule has 1 amide bonds. The van der Waals surface area contributed by atoms with Crippen molar-refractivity contribution >= 4 is 53.2 Å². The van der Waals surface area contributed by atoms with Crippen LogP contribution in [-0.4, -0.2) is 28.4 Å². The topological polar surface area (TPSA) is 55.1 Å². The number of rotatable bonds is 2. The zero-order valence-electron chi connectivity index (χ0n) is 10.1. The van der Waals surface area contributed by atoms with Gasteiger partial charge in [-0.1, -0.05) is 6.07 Å². The van der Waals surface area contributed by atoms with Crippen molar-refractivity contribution in [2.24, 2.45) is 0 Å². The number of amides is 1. The molecule has 1 aliphatic rings. The van der Waals surface area contributed by atoms with Crippen molar-refractivity contribution in [2.45, 2.75) is 12.2 Å². The fourth-order valence-corrected chi connectivity index (χ4v) is 4.18. The van der Waals surface area contributed by atoms with Crippen LogP contribution in [0.25, 0.3) is 0 Å². The number of aryl methyl sites for hydroxylation is 1. The molecule has 0 saturated carbocycles. The standard InChI is InChI=1S/C12H16N2OS2.ClH/c1-8-2-3-9(13)6-10(8)14-12(15)11-7-16-4-5-17-11;/h2-3,6,11H,4-5,7,13H2,1H3,(H,14,15);1H. The maximum Gasteiger partial charge on any atom is 0.238 e. The van der Waals surface area contributed by atoms with Crippen molar-refractivity contribution in [2.75, 3.05) is 28.3 Å². The second-order valence-electron chi connectivity index (χ2n) is 4.00. The van der Waals surface area contributed by atoms with Gasteiger partial charge in [-0.25, -0.2) is 0 Å². The third-order valence-corrected chi connectivity index (χ3v) is 5.38. The monoisotopic (exact) mass is 304 g/mol. The normalized spacial score (nSPS) is 18.8. The molecule has 100 valence electrons. The van der Waals surface area contributed by atoms with Crippen molar-refractivity contribution < 1.29 is 4.79 Å². The van der Waals surface area contributed by atoms with Crippen LogP contribution in [0.15, 0.2) is 18.2 Å². The first-order chi connectivity index (χ1) is 8.16. The Bertz CT molecular complexity index is 423. The number of hydrogen-bond donors (Lipinski definition) is 2. The molecule has 1 heterocycles. The SMILES string of the molecule is Cc1ccc(N)cc1NC(=O)C1CSCCS1.Cl. The van der Waals surface area contributed by atoms with Gasteiger partial charge in [0.05, 0.1) is 5.25 Å². The van der Waals surface area contributed by atoms with E-state index < -0.39 is 0 Å². The lowest BCUT2D eigenvalue weighted by Crippen LogP contribution is -2.30. The van der Waals surface area contributed by atoms with Gasteiger partial charge >= 0.3 is 0 Å². The third kappa shape index (κ3) is 4.00. The van der Waals surface area contributed by atoms with Crippen molar-refractivity contribution in [3.8, 4) is 0 Å². The van der Waals surface area contributed by atoms with Crippen LogP contribution >= 0.6 is 35.9 Å². The molecule has 3 N–H and O–H groups in total. The van der Waals surface area contributed by atoms with Gasteiger partial charge < -0.3 is 11.1 Å². The molecule has 1 atom stereocenters. The van der Waals surface area contributed by atoms with E-state index in [1.807, 2.05) is 36.9 Å². The number of thioether (sulfide) groups is 2. The van der Waals surface area contributed by atoms with Gasteiger partial charge in [-0.3, -0.25) is 4.79 Å². The smallest absolute Gasteiger partial charge is 0.238 e. The molecule has 0 bridgehead atoms. The van der Waals surface area contributed by atoms with Crippen molar-refractivity contribution in [3.05, 3.63) is 23.8 Å². The summed E-state index contributed by atoms with van der Waals surface area (Å²) in [5, 5.41) is 3.03. The second-order valence-corrected chi connectivity index (χ2v) is 6.46. The van der Waals surface area contributed by atoms with Gasteiger partial charge in [0.15, 0.2) is 0 Å². The molecule has 0 radical (unpaired) electrons. The Balaban J connectivity index is 0.00000162. The van der Waals surface area contributed by atoms with E-state index in [1.165, 1.54) is 0 Å². The Kier molecular flexibility index (Phi) is 6.18. The molecule has 0 aromatic heterocycles. The number of anilines is 2. The van der Waals surface area contributed by atoms with Gasteiger partial charge in [-0.15, -0.1) is 24.2 Å². The number of carbonyl (C=O) groups excluding carboxylic acids is 1. The lowest BCUT2D eigenvalue weighted by Gasteiger charge is -2.20. The minimum atomic E-state index is 0. The highest BCUT2D eigenvalue weighted by Crippen LogP contribution is 2.26. The maximum absolute atomic E-state index is 12.0. The summed E-state index contributed by atoms with van der Waals surface area (Å²) in [4.78, 5) is 12.0. The Labute approximate surface area is 122 Å². The molecule has 1 aromatic rings. The summed E-state index contributed by atoms with van der Waals surface area (Å²) in [6.45, 7) is 1.97. The van der Waals surface area contributed by atoms with Crippen molar-refractivity contribution in [1.82, 2.24) is 0 Å². The summed E-state index contributed by atoms with van der Waals surface area (Å²) in [6, 6.07) is 5.58. The Morgan fingerprint density at radius 3 is 2.89 bits per heavy atom. The Morgan fingerprint density at radius 2 is 2.22 bits per heavy atom. The first-order valence-electron chi connectivity index (χ1n) is 5.53. The average Bonchev–Trinajstić information content (AvgIpc) is 2.35. The van der Waals surface area contributed by atoms with Gasteiger partial charge in [0.25, 0.3) is 0 Å². The molecular weight excluding hydrogens is 288 g/mol. The van der Waals surface area contributed by atoms with Gasteiger partial charge in [-0.05, 0) is 24.6 Å². The molecule has 2 rings (SSSR count). The van der Waals surface area contributed by atoms with Gasteiger partial charge in [-0.2, -0.15) is 11.8 Å². The summed E-state index contributed by atoms with van der Waals surface area (Å²) in [6.07, 6.45) is 0. The zero-order valence-corrected chi connectivity index (χ0v) is 12.6. The quantitative estimate of drug-likeness (QED) is 0.825. The molecule has 1 aromatic carbocycles. The maximum atomic E-state index is 12.0. The summed E-state index contributed by atoms with van der Waals surface area (Å²) in [7, 11) is 0. The minimum Gasteiger partial charge on any atom is -0.399 e. The first kappa shape index (κ1) is 15.5. The van der Waals surface area contributed by atoms with E-state index in [4.69, 9.17) is 5.73 Å². The first-order valence-corrected chi connectivity index (χ1v) is 7.73. The van der Waals surface area contributed by atoms with Gasteiger partial charge in [0, 0.05) is 28.6 Å². The number of nitrogens with two attached hydrogens (primary N) is 1. The van der Waals surface area contributed by atoms with Crippen LogP contribution in [-0.2, 0) is 4.79 Å². The highest BCUT2D eigenvalue weighted by atomic mass is 35.5. The van der Waals surface area contributed by atoms with Crippen LogP contribution in [0.5, 0.6) is 0 Å². The van der Waals surface area contributed by atoms with E-state index in [2.05, 4.69) is 5.32 Å². The van der Waals surface area contributed by atoms with Gasteiger partial charge in [0.2, 0.25) is 5.91 Å². The number of nitrogens with one attached hydrogen (secondary N) is 1. The molecule has 1 saturated heterocycles. The lowest BCUT2D eigenvalue weighted by atomic mass is 10.2. The second kappa shape index (κ2) is 7.16. The van der Waals surface area contributed by atoms with Crippen molar-refractivity contribution in [3.63, 3.8) is 0 Å². The Hall–Kier alpha value is -0.520. The van der Waals surface area contributed by atoms with Crippen LogP contribution in [0.4, 0.5) is 11.4 Å². The lowest BCUT2D eigenvalue weighted by molar-refractivity contribution is -0.115. The van der Waals surface area contributed by atoms with Crippen LogP contribution in [0.2, 0.25) is 0 Å². The minimum absolute atomic E-state index is 0. The summed E-state index contributed by atoms with van der Waals surface area (Å²) >= 11 is 3.58. The van der Waals surface area contributed by atoms with Crippen LogP contribution in [0.3, 0.4) is 0 Å². The number of hydrogen-bond acceptors (Lipinski definition) is 4. The fraction of sp³-hybridized carbons (Fsp3) is 0.417. The predicted molar refractivity (Wildman–Crippen MR) is 85.0 cm³/mol. The summed E-state index contributed by atoms with van der Waals surface area (Å²) < 4.78 is 0. The number of carbonyl (C=O) groups is 1. The van der Waals surface area contributed by atoms with E-state index in [9.17, 15) is 4.79 Å². The molecule has 18 heavy (non-hydrogen) atoms. The molecule has 6 heteroatoms.